The molecule has 1 aliphatic carbocycles. The van der Waals surface area contributed by atoms with Crippen molar-refractivity contribution in [1.82, 2.24) is 9.97 Å². The molecule has 3 aromatic rings. The Kier molecular flexibility index (Phi) is 19.5. The van der Waals surface area contributed by atoms with Crippen LogP contribution in [0.15, 0.2) is 67.0 Å². The molecule has 4 rings (SSSR count). The molecule has 0 N–H and O–H groups in total. The first-order valence-corrected chi connectivity index (χ1v) is 10.8. The van der Waals surface area contributed by atoms with Crippen LogP contribution in [0.1, 0.15) is 66.5 Å². The fraction of sp³-hybridized carbons (Fsp3) is 0.346. The first-order chi connectivity index (χ1) is 14.3. The average Bonchev–Trinajstić information content (AvgIpc) is 2.84. The van der Waals surface area contributed by atoms with Crippen molar-refractivity contribution in [2.45, 2.75) is 61.8 Å². The molecule has 0 unspecified atom stereocenters. The lowest BCUT2D eigenvalue weighted by Crippen LogP contribution is -2.04. The second-order valence-corrected chi connectivity index (χ2v) is 4.72. The molecule has 0 bridgehead atoms. The van der Waals surface area contributed by atoms with Crippen molar-refractivity contribution in [2.24, 2.45) is 0 Å². The lowest BCUT2D eigenvalue weighted by atomic mass is 9.97. The highest BCUT2D eigenvalue weighted by Gasteiger charge is 2.07. The Balaban J connectivity index is 0. The quantitative estimate of drug-likeness (QED) is 0.395. The van der Waals surface area contributed by atoms with Crippen molar-refractivity contribution in [3.8, 4) is 0 Å². The maximum atomic E-state index is 10.9. The summed E-state index contributed by atoms with van der Waals surface area (Å²) >= 11 is 0. The first kappa shape index (κ1) is 28.4. The van der Waals surface area contributed by atoms with Gasteiger partial charge in [0.25, 0.3) is 0 Å². The zero-order chi connectivity index (χ0) is 22.5. The maximum Gasteiger partial charge on any atom is 0.160 e. The topological polar surface area (TPSA) is 42.9 Å². The largest absolute Gasteiger partial charge is 0.294 e. The molecule has 1 aromatic heterocycles. The van der Waals surface area contributed by atoms with Crippen molar-refractivity contribution < 1.29 is 4.79 Å². The van der Waals surface area contributed by atoms with Gasteiger partial charge in [0.2, 0.25) is 0 Å². The highest BCUT2D eigenvalue weighted by molar-refractivity contribution is 5.98. The van der Waals surface area contributed by atoms with Crippen LogP contribution in [0, 0.1) is 0 Å². The SMILES string of the molecule is CC.CC.CC.CC.O=C1C=Cc2ccccc2C1.c1ccc2nccnc2c1. The predicted octanol–water partition coefficient (Wildman–Crippen LogP) is 7.56. The summed E-state index contributed by atoms with van der Waals surface area (Å²) in [7, 11) is 0. The number of fused-ring (bicyclic) bond motifs is 2. The summed E-state index contributed by atoms with van der Waals surface area (Å²) in [5.41, 5.74) is 4.21. The summed E-state index contributed by atoms with van der Waals surface area (Å²) in [5.74, 6) is 0.198. The number of ketones is 1. The van der Waals surface area contributed by atoms with E-state index in [4.69, 9.17) is 0 Å². The van der Waals surface area contributed by atoms with Crippen molar-refractivity contribution in [1.29, 1.82) is 0 Å². The van der Waals surface area contributed by atoms with Gasteiger partial charge in [-0.1, -0.05) is 97.9 Å². The number of carbonyl (C=O) groups excluding carboxylic acids is 1. The Morgan fingerprint density at radius 3 is 1.59 bits per heavy atom. The molecule has 0 amide bonds. The minimum atomic E-state index is 0.198. The number of rotatable bonds is 0. The zero-order valence-corrected chi connectivity index (χ0v) is 19.4. The van der Waals surface area contributed by atoms with Gasteiger partial charge in [0.1, 0.15) is 0 Å². The molecular formula is C26H38N2O. The van der Waals surface area contributed by atoms with E-state index >= 15 is 0 Å². The standard InChI is InChI=1S/C10H8O.C8H6N2.4C2H6/c11-10-6-5-8-3-1-2-4-9(8)7-10;1-2-4-8-7(3-1)9-5-6-10-8;4*1-2/h1-6H,7H2;1-6H;4*1-2H3. The lowest BCUT2D eigenvalue weighted by molar-refractivity contribution is -0.114. The Hall–Kier alpha value is -2.81. The van der Waals surface area contributed by atoms with Gasteiger partial charge in [-0.25, -0.2) is 0 Å². The second-order valence-electron chi connectivity index (χ2n) is 4.72. The number of para-hydroxylation sites is 2. The summed E-state index contributed by atoms with van der Waals surface area (Å²) in [6.45, 7) is 16.0. The third-order valence-corrected chi connectivity index (χ3v) is 3.24. The molecule has 0 radical (unpaired) electrons. The smallest absolute Gasteiger partial charge is 0.160 e. The summed E-state index contributed by atoms with van der Waals surface area (Å²) in [6.07, 6.45) is 7.47. The van der Waals surface area contributed by atoms with E-state index in [-0.39, 0.29) is 5.78 Å². The number of aromatic nitrogens is 2. The van der Waals surface area contributed by atoms with Gasteiger partial charge in [0.05, 0.1) is 11.0 Å². The van der Waals surface area contributed by atoms with Crippen LogP contribution >= 0.6 is 0 Å². The number of carbonyl (C=O) groups is 1. The fourth-order valence-corrected chi connectivity index (χ4v) is 2.20. The third-order valence-electron chi connectivity index (χ3n) is 3.24. The minimum absolute atomic E-state index is 0.198. The lowest BCUT2D eigenvalue weighted by Gasteiger charge is -2.07. The summed E-state index contributed by atoms with van der Waals surface area (Å²) in [4.78, 5) is 19.2. The average molecular weight is 395 g/mol. The molecular weight excluding hydrogens is 356 g/mol. The van der Waals surface area contributed by atoms with Gasteiger partial charge in [0.15, 0.2) is 5.78 Å². The normalized spacial score (nSPS) is 9.86. The summed E-state index contributed by atoms with van der Waals surface area (Å²) < 4.78 is 0. The van der Waals surface area contributed by atoms with Crippen LogP contribution in [0.25, 0.3) is 17.1 Å². The van der Waals surface area contributed by atoms with E-state index in [9.17, 15) is 4.79 Å². The summed E-state index contributed by atoms with van der Waals surface area (Å²) in [6, 6.07) is 15.8. The molecule has 1 aliphatic rings. The molecule has 2 aromatic carbocycles. The van der Waals surface area contributed by atoms with E-state index in [2.05, 4.69) is 9.97 Å². The fourth-order valence-electron chi connectivity index (χ4n) is 2.20. The molecule has 3 nitrogen and oxygen atoms in total. The Morgan fingerprint density at radius 2 is 1.07 bits per heavy atom. The summed E-state index contributed by atoms with van der Waals surface area (Å²) in [5, 5.41) is 0. The maximum absolute atomic E-state index is 10.9. The molecule has 3 heteroatoms. The van der Waals surface area contributed by atoms with Crippen molar-refractivity contribution in [2.75, 3.05) is 0 Å². The van der Waals surface area contributed by atoms with Gasteiger partial charge in [0, 0.05) is 18.8 Å². The van der Waals surface area contributed by atoms with Gasteiger partial charge in [-0.3, -0.25) is 14.8 Å². The van der Waals surface area contributed by atoms with Gasteiger partial charge in [-0.15, -0.1) is 0 Å². The van der Waals surface area contributed by atoms with Crippen LogP contribution in [-0.2, 0) is 11.2 Å². The van der Waals surface area contributed by atoms with E-state index in [1.54, 1.807) is 18.5 Å². The first-order valence-electron chi connectivity index (χ1n) is 10.8. The van der Waals surface area contributed by atoms with Gasteiger partial charge in [-0.05, 0) is 29.3 Å². The number of hydrogen-bond acceptors (Lipinski definition) is 3. The van der Waals surface area contributed by atoms with Gasteiger partial charge < -0.3 is 0 Å². The van der Waals surface area contributed by atoms with Gasteiger partial charge >= 0.3 is 0 Å². The van der Waals surface area contributed by atoms with Crippen LogP contribution in [0.2, 0.25) is 0 Å². The van der Waals surface area contributed by atoms with E-state index in [0.29, 0.717) is 6.42 Å². The van der Waals surface area contributed by atoms with Crippen LogP contribution < -0.4 is 0 Å². The molecule has 158 valence electrons. The van der Waals surface area contributed by atoms with Crippen LogP contribution in [0.4, 0.5) is 0 Å². The van der Waals surface area contributed by atoms with Crippen LogP contribution in [-0.4, -0.2) is 15.8 Å². The Labute approximate surface area is 177 Å². The molecule has 0 saturated heterocycles. The Morgan fingerprint density at radius 1 is 0.621 bits per heavy atom. The van der Waals surface area contributed by atoms with Crippen molar-refractivity contribution in [3.05, 3.63) is 78.1 Å². The monoisotopic (exact) mass is 394 g/mol. The van der Waals surface area contributed by atoms with Gasteiger partial charge in [-0.2, -0.15) is 0 Å². The van der Waals surface area contributed by atoms with Crippen LogP contribution in [0.3, 0.4) is 0 Å². The second kappa shape index (κ2) is 19.9. The van der Waals surface area contributed by atoms with E-state index < -0.39 is 0 Å². The minimum Gasteiger partial charge on any atom is -0.294 e. The molecule has 29 heavy (non-hydrogen) atoms. The molecule has 0 saturated carbocycles. The Bertz CT molecular complexity index is 745. The highest BCUT2D eigenvalue weighted by Crippen LogP contribution is 2.15. The van der Waals surface area contributed by atoms with E-state index in [1.807, 2.05) is 110 Å². The number of benzene rings is 2. The molecule has 0 spiro atoms. The number of hydrogen-bond donors (Lipinski definition) is 0. The van der Waals surface area contributed by atoms with E-state index in [0.717, 1.165) is 16.6 Å². The van der Waals surface area contributed by atoms with Crippen molar-refractivity contribution in [3.63, 3.8) is 0 Å². The number of allylic oxidation sites excluding steroid dienone is 1. The zero-order valence-electron chi connectivity index (χ0n) is 19.4. The number of nitrogens with zero attached hydrogens (tertiary/aromatic N) is 2. The molecule has 0 fully saturated rings. The molecule has 1 heterocycles. The van der Waals surface area contributed by atoms with Crippen LogP contribution in [0.5, 0.6) is 0 Å². The third kappa shape index (κ3) is 10.9. The predicted molar refractivity (Wildman–Crippen MR) is 129 cm³/mol. The molecule has 0 aliphatic heterocycles. The molecule has 0 atom stereocenters. The van der Waals surface area contributed by atoms with E-state index in [1.165, 1.54) is 5.56 Å². The van der Waals surface area contributed by atoms with Crippen molar-refractivity contribution >= 4 is 22.9 Å². The highest BCUT2D eigenvalue weighted by atomic mass is 16.1.